The Morgan fingerprint density at radius 1 is 0.897 bits per heavy atom. The highest BCUT2D eigenvalue weighted by atomic mass is 16.2. The number of hydrogen-bond acceptors (Lipinski definition) is 3. The molecular formula is C24H21N3O2. The molecule has 144 valence electrons. The number of aryl methyl sites for hydroxylation is 1. The van der Waals surface area contributed by atoms with Gasteiger partial charge in [0.2, 0.25) is 5.91 Å². The number of nitrogens with one attached hydrogen (secondary N) is 1. The average Bonchev–Trinajstić information content (AvgIpc) is 2.72. The third-order valence-electron chi connectivity index (χ3n) is 5.02. The lowest BCUT2D eigenvalue weighted by atomic mass is 10.00. The number of benzene rings is 3. The van der Waals surface area contributed by atoms with E-state index in [1.165, 1.54) is 0 Å². The van der Waals surface area contributed by atoms with Gasteiger partial charge in [0.1, 0.15) is 6.04 Å². The highest BCUT2D eigenvalue weighted by Gasteiger charge is 2.22. The van der Waals surface area contributed by atoms with Crippen LogP contribution in [0.5, 0.6) is 0 Å². The molecule has 0 saturated heterocycles. The molecule has 0 spiro atoms. The van der Waals surface area contributed by atoms with Crippen molar-refractivity contribution in [2.75, 3.05) is 0 Å². The third kappa shape index (κ3) is 3.80. The Morgan fingerprint density at radius 2 is 1.45 bits per heavy atom. The number of amides is 2. The second-order valence-electron chi connectivity index (χ2n) is 7.14. The first kappa shape index (κ1) is 18.6. The first-order chi connectivity index (χ1) is 14.0. The standard InChI is InChI=1S/C24H21N3O2/c1-15-10-12-16(13-11-15)14-21(23(25)28)27-24(29)22-17-6-2-4-8-19(17)26-20-9-5-3-7-18(20)22/h2-13,21H,14H2,1H3,(H2,25,28)(H,27,29)/t21-/m1/s1. The van der Waals surface area contributed by atoms with Gasteiger partial charge in [-0.1, -0.05) is 66.2 Å². The minimum atomic E-state index is -0.809. The Morgan fingerprint density at radius 3 is 2.00 bits per heavy atom. The van der Waals surface area contributed by atoms with Crippen molar-refractivity contribution in [2.24, 2.45) is 5.73 Å². The van der Waals surface area contributed by atoms with Crippen molar-refractivity contribution in [3.8, 4) is 0 Å². The van der Waals surface area contributed by atoms with Crippen LogP contribution >= 0.6 is 0 Å². The second-order valence-corrected chi connectivity index (χ2v) is 7.14. The van der Waals surface area contributed by atoms with Crippen LogP contribution < -0.4 is 11.1 Å². The molecule has 5 heteroatoms. The quantitative estimate of drug-likeness (QED) is 0.517. The second kappa shape index (κ2) is 7.72. The minimum Gasteiger partial charge on any atom is -0.368 e. The molecule has 0 saturated carbocycles. The number of carbonyl (C=O) groups excluding carboxylic acids is 2. The van der Waals surface area contributed by atoms with E-state index in [0.29, 0.717) is 12.0 Å². The first-order valence-corrected chi connectivity index (χ1v) is 9.46. The Balaban J connectivity index is 1.73. The van der Waals surface area contributed by atoms with E-state index >= 15 is 0 Å². The molecule has 0 aliphatic carbocycles. The van der Waals surface area contributed by atoms with E-state index in [9.17, 15) is 9.59 Å². The molecule has 0 fully saturated rings. The molecule has 0 radical (unpaired) electrons. The summed E-state index contributed by atoms with van der Waals surface area (Å²) in [6.07, 6.45) is 0.336. The molecule has 0 aliphatic rings. The summed E-state index contributed by atoms with van der Waals surface area (Å²) in [7, 11) is 0. The van der Waals surface area contributed by atoms with Gasteiger partial charge < -0.3 is 11.1 Å². The van der Waals surface area contributed by atoms with E-state index in [-0.39, 0.29) is 5.91 Å². The summed E-state index contributed by atoms with van der Waals surface area (Å²) in [6, 6.07) is 22.0. The molecule has 29 heavy (non-hydrogen) atoms. The van der Waals surface area contributed by atoms with Crippen molar-refractivity contribution in [3.05, 3.63) is 89.5 Å². The van der Waals surface area contributed by atoms with E-state index in [1.807, 2.05) is 79.7 Å². The molecule has 0 unspecified atom stereocenters. The number of hydrogen-bond donors (Lipinski definition) is 2. The number of primary amides is 1. The summed E-state index contributed by atoms with van der Waals surface area (Å²) in [6.45, 7) is 2.00. The summed E-state index contributed by atoms with van der Waals surface area (Å²) in [4.78, 5) is 30.0. The smallest absolute Gasteiger partial charge is 0.253 e. The molecule has 1 atom stereocenters. The fraction of sp³-hybridized carbons (Fsp3) is 0.125. The van der Waals surface area contributed by atoms with E-state index < -0.39 is 11.9 Å². The van der Waals surface area contributed by atoms with Gasteiger partial charge in [-0.3, -0.25) is 9.59 Å². The molecule has 4 rings (SSSR count). The highest BCUT2D eigenvalue weighted by molar-refractivity contribution is 6.16. The van der Waals surface area contributed by atoms with Gasteiger partial charge in [0.15, 0.2) is 0 Å². The van der Waals surface area contributed by atoms with Crippen LogP contribution in [0.1, 0.15) is 21.5 Å². The molecule has 0 aliphatic heterocycles. The Kier molecular flexibility index (Phi) is 4.96. The molecule has 5 nitrogen and oxygen atoms in total. The van der Waals surface area contributed by atoms with E-state index in [4.69, 9.17) is 5.73 Å². The van der Waals surface area contributed by atoms with Gasteiger partial charge in [0.05, 0.1) is 16.6 Å². The van der Waals surface area contributed by atoms with Crippen molar-refractivity contribution < 1.29 is 9.59 Å². The summed E-state index contributed by atoms with van der Waals surface area (Å²) >= 11 is 0. The molecule has 1 heterocycles. The topological polar surface area (TPSA) is 85.1 Å². The van der Waals surface area contributed by atoms with Gasteiger partial charge in [-0.25, -0.2) is 4.98 Å². The van der Waals surface area contributed by atoms with Crippen LogP contribution in [-0.2, 0) is 11.2 Å². The van der Waals surface area contributed by atoms with Gasteiger partial charge in [-0.05, 0) is 24.6 Å². The summed E-state index contributed by atoms with van der Waals surface area (Å²) in [5, 5.41) is 4.32. The third-order valence-corrected chi connectivity index (χ3v) is 5.02. The fourth-order valence-electron chi connectivity index (χ4n) is 3.50. The van der Waals surface area contributed by atoms with Gasteiger partial charge in [-0.2, -0.15) is 0 Å². The number of carbonyl (C=O) groups is 2. The van der Waals surface area contributed by atoms with Crippen LogP contribution in [0, 0.1) is 6.92 Å². The number of aromatic nitrogens is 1. The SMILES string of the molecule is Cc1ccc(C[C@@H](NC(=O)c2c3ccccc3nc3ccccc23)C(N)=O)cc1. The normalized spacial score (nSPS) is 12.0. The maximum Gasteiger partial charge on any atom is 0.253 e. The van der Waals surface area contributed by atoms with Crippen LogP contribution in [0.3, 0.4) is 0 Å². The van der Waals surface area contributed by atoms with Crippen LogP contribution in [0.15, 0.2) is 72.8 Å². The molecule has 2 amide bonds. The lowest BCUT2D eigenvalue weighted by molar-refractivity contribution is -0.119. The summed E-state index contributed by atoms with van der Waals surface area (Å²) < 4.78 is 0. The number of nitrogens with zero attached hydrogens (tertiary/aromatic N) is 1. The molecular weight excluding hydrogens is 362 g/mol. The number of fused-ring (bicyclic) bond motifs is 2. The lowest BCUT2D eigenvalue weighted by Gasteiger charge is -2.17. The van der Waals surface area contributed by atoms with Crippen molar-refractivity contribution in [2.45, 2.75) is 19.4 Å². The zero-order valence-electron chi connectivity index (χ0n) is 16.1. The van der Waals surface area contributed by atoms with Crippen molar-refractivity contribution >= 4 is 33.6 Å². The minimum absolute atomic E-state index is 0.336. The summed E-state index contributed by atoms with van der Waals surface area (Å²) in [5.41, 5.74) is 9.62. The van der Waals surface area contributed by atoms with Crippen molar-refractivity contribution in [1.29, 1.82) is 0 Å². The van der Waals surface area contributed by atoms with Crippen LogP contribution in [0.25, 0.3) is 21.8 Å². The average molecular weight is 383 g/mol. The van der Waals surface area contributed by atoms with Crippen molar-refractivity contribution in [1.82, 2.24) is 10.3 Å². The van der Waals surface area contributed by atoms with E-state index in [1.54, 1.807) is 0 Å². The number of rotatable bonds is 5. The Hall–Kier alpha value is -3.73. The lowest BCUT2D eigenvalue weighted by Crippen LogP contribution is -2.46. The van der Waals surface area contributed by atoms with E-state index in [2.05, 4.69) is 10.3 Å². The molecule has 3 N–H and O–H groups in total. The van der Waals surface area contributed by atoms with Crippen LogP contribution in [0.2, 0.25) is 0 Å². The van der Waals surface area contributed by atoms with Gasteiger partial charge in [0.25, 0.3) is 5.91 Å². The van der Waals surface area contributed by atoms with Crippen LogP contribution in [-0.4, -0.2) is 22.8 Å². The molecule has 4 aromatic rings. The predicted molar refractivity (Wildman–Crippen MR) is 115 cm³/mol. The van der Waals surface area contributed by atoms with Gasteiger partial charge in [0, 0.05) is 17.2 Å². The maximum absolute atomic E-state index is 13.3. The highest BCUT2D eigenvalue weighted by Crippen LogP contribution is 2.26. The number of nitrogens with two attached hydrogens (primary N) is 1. The van der Waals surface area contributed by atoms with Gasteiger partial charge >= 0.3 is 0 Å². The molecule has 1 aromatic heterocycles. The first-order valence-electron chi connectivity index (χ1n) is 9.46. The fourth-order valence-corrected chi connectivity index (χ4v) is 3.50. The zero-order valence-corrected chi connectivity index (χ0v) is 16.1. The number of para-hydroxylation sites is 2. The largest absolute Gasteiger partial charge is 0.368 e. The molecule has 3 aromatic carbocycles. The predicted octanol–water partition coefficient (Wildman–Crippen LogP) is 3.52. The Labute approximate surface area is 168 Å². The molecule has 0 bridgehead atoms. The van der Waals surface area contributed by atoms with Crippen molar-refractivity contribution in [3.63, 3.8) is 0 Å². The summed E-state index contributed by atoms with van der Waals surface area (Å²) in [5.74, 6) is -0.905. The monoisotopic (exact) mass is 383 g/mol. The van der Waals surface area contributed by atoms with E-state index in [0.717, 1.165) is 32.9 Å². The zero-order chi connectivity index (χ0) is 20.4. The Bertz CT molecular complexity index is 1160. The van der Waals surface area contributed by atoms with Gasteiger partial charge in [-0.15, -0.1) is 0 Å². The van der Waals surface area contributed by atoms with Crippen LogP contribution in [0.4, 0.5) is 0 Å². The maximum atomic E-state index is 13.3. The number of pyridine rings is 1.